The number of likely N-dealkylation sites (N-methyl/N-ethyl adjacent to an activating group) is 1. The zero-order valence-electron chi connectivity index (χ0n) is 12.9. The number of benzene rings is 1. The summed E-state index contributed by atoms with van der Waals surface area (Å²) >= 11 is 0. The van der Waals surface area contributed by atoms with Crippen LogP contribution >= 0.6 is 12.4 Å². The minimum absolute atomic E-state index is 0. The number of nitrogens with two attached hydrogens (primary N) is 1. The number of hydrogen-bond acceptors (Lipinski definition) is 4. The number of ether oxygens (including phenoxy) is 1. The van der Waals surface area contributed by atoms with Crippen molar-refractivity contribution in [1.29, 1.82) is 0 Å². The normalized spacial score (nSPS) is 16.1. The monoisotopic (exact) mass is 345 g/mol. The predicted molar refractivity (Wildman–Crippen MR) is 86.9 cm³/mol. The van der Waals surface area contributed by atoms with Crippen LogP contribution in [0.4, 0.5) is 10.1 Å². The molecule has 0 spiro atoms. The third-order valence-electron chi connectivity index (χ3n) is 3.65. The van der Waals surface area contributed by atoms with Crippen molar-refractivity contribution in [2.45, 2.75) is 18.4 Å². The molecule has 1 aromatic rings. The minimum Gasteiger partial charge on any atom is -0.381 e. The van der Waals surface area contributed by atoms with E-state index in [0.717, 1.165) is 0 Å². The van der Waals surface area contributed by atoms with Crippen LogP contribution in [-0.4, -0.2) is 49.1 Å². The van der Waals surface area contributed by atoms with Crippen LogP contribution in [0.3, 0.4) is 0 Å². The van der Waals surface area contributed by atoms with Crippen LogP contribution in [0.25, 0.3) is 0 Å². The van der Waals surface area contributed by atoms with Gasteiger partial charge >= 0.3 is 0 Å². The van der Waals surface area contributed by atoms with Crippen molar-refractivity contribution in [3.8, 4) is 0 Å². The van der Waals surface area contributed by atoms with Gasteiger partial charge in [-0.2, -0.15) is 0 Å². The molecular weight excluding hydrogens is 325 g/mol. The van der Waals surface area contributed by atoms with Crippen LogP contribution in [0.5, 0.6) is 0 Å². The summed E-state index contributed by atoms with van der Waals surface area (Å²) in [4.78, 5) is 25.6. The van der Waals surface area contributed by atoms with Crippen molar-refractivity contribution in [1.82, 2.24) is 4.90 Å². The number of amides is 2. The summed E-state index contributed by atoms with van der Waals surface area (Å²) < 4.78 is 18.3. The summed E-state index contributed by atoms with van der Waals surface area (Å²) in [5.41, 5.74) is 5.47. The largest absolute Gasteiger partial charge is 0.381 e. The summed E-state index contributed by atoms with van der Waals surface area (Å²) in [5, 5.41) is 2.55. The third-order valence-corrected chi connectivity index (χ3v) is 3.65. The van der Waals surface area contributed by atoms with Crippen molar-refractivity contribution in [2.24, 2.45) is 5.73 Å². The van der Waals surface area contributed by atoms with E-state index in [1.165, 1.54) is 30.1 Å². The van der Waals surface area contributed by atoms with Crippen molar-refractivity contribution in [3.05, 3.63) is 30.1 Å². The van der Waals surface area contributed by atoms with Gasteiger partial charge in [-0.05, 0) is 31.0 Å². The number of rotatable bonds is 4. The average Bonchev–Trinajstić information content (AvgIpc) is 2.47. The quantitative estimate of drug-likeness (QED) is 0.857. The first-order valence-electron chi connectivity index (χ1n) is 7.08. The highest BCUT2D eigenvalue weighted by atomic mass is 35.5. The van der Waals surface area contributed by atoms with Crippen LogP contribution in [-0.2, 0) is 14.3 Å². The van der Waals surface area contributed by atoms with E-state index in [0.29, 0.717) is 31.7 Å². The summed E-state index contributed by atoms with van der Waals surface area (Å²) in [5.74, 6) is -1.13. The molecule has 0 aromatic heterocycles. The van der Waals surface area contributed by atoms with Gasteiger partial charge in [0.05, 0.1) is 12.1 Å². The Hall–Kier alpha value is -1.70. The lowest BCUT2D eigenvalue weighted by Gasteiger charge is -2.35. The Kier molecular flexibility index (Phi) is 6.93. The second-order valence-corrected chi connectivity index (χ2v) is 5.49. The Morgan fingerprint density at radius 3 is 2.65 bits per heavy atom. The molecule has 3 N–H and O–H groups in total. The van der Waals surface area contributed by atoms with E-state index in [2.05, 4.69) is 5.32 Å². The summed E-state index contributed by atoms with van der Waals surface area (Å²) in [7, 11) is 1.53. The van der Waals surface area contributed by atoms with Crippen molar-refractivity contribution >= 4 is 29.9 Å². The third kappa shape index (κ3) is 5.16. The lowest BCUT2D eigenvalue weighted by Crippen LogP contribution is -2.58. The first-order valence-corrected chi connectivity index (χ1v) is 7.08. The fraction of sp³-hybridized carbons (Fsp3) is 0.467. The number of nitrogens with zero attached hydrogens (tertiary/aromatic N) is 1. The van der Waals surface area contributed by atoms with Crippen molar-refractivity contribution < 1.29 is 18.7 Å². The zero-order valence-corrected chi connectivity index (χ0v) is 13.7. The standard InChI is InChI=1S/C15H20FN3O3.ClH/c1-19(14(21)15(17)5-7-22-8-6-15)10-13(20)18-12-4-2-3-11(16)9-12;/h2-4,9H,5-8,10,17H2,1H3,(H,18,20);1H. The van der Waals surface area contributed by atoms with Gasteiger partial charge in [0.1, 0.15) is 5.82 Å². The van der Waals surface area contributed by atoms with E-state index in [1.54, 1.807) is 6.07 Å². The first-order chi connectivity index (χ1) is 10.4. The Morgan fingerprint density at radius 2 is 2.04 bits per heavy atom. The molecule has 0 aliphatic carbocycles. The molecule has 2 rings (SSSR count). The molecule has 0 bridgehead atoms. The molecule has 1 saturated heterocycles. The maximum absolute atomic E-state index is 13.1. The number of anilines is 1. The molecule has 1 aromatic carbocycles. The molecule has 1 heterocycles. The lowest BCUT2D eigenvalue weighted by molar-refractivity contribution is -0.141. The maximum Gasteiger partial charge on any atom is 0.243 e. The first kappa shape index (κ1) is 19.3. The Balaban J connectivity index is 0.00000264. The Bertz CT molecular complexity index is 565. The van der Waals surface area contributed by atoms with E-state index < -0.39 is 17.3 Å². The molecule has 0 radical (unpaired) electrons. The molecule has 0 unspecified atom stereocenters. The molecule has 1 aliphatic rings. The van der Waals surface area contributed by atoms with Crippen LogP contribution in [0, 0.1) is 5.82 Å². The van der Waals surface area contributed by atoms with E-state index in [-0.39, 0.29) is 24.9 Å². The topological polar surface area (TPSA) is 84.7 Å². The van der Waals surface area contributed by atoms with Crippen molar-refractivity contribution in [3.63, 3.8) is 0 Å². The van der Waals surface area contributed by atoms with E-state index >= 15 is 0 Å². The van der Waals surface area contributed by atoms with Crippen molar-refractivity contribution in [2.75, 3.05) is 32.1 Å². The van der Waals surface area contributed by atoms with Gasteiger partial charge in [-0.15, -0.1) is 12.4 Å². The molecule has 1 fully saturated rings. The zero-order chi connectivity index (χ0) is 16.2. The second kappa shape index (κ2) is 8.24. The summed E-state index contributed by atoms with van der Waals surface area (Å²) in [6, 6.07) is 5.57. The fourth-order valence-electron chi connectivity index (χ4n) is 2.38. The highest BCUT2D eigenvalue weighted by Crippen LogP contribution is 2.20. The molecule has 128 valence electrons. The summed E-state index contributed by atoms with van der Waals surface area (Å²) in [6.07, 6.45) is 0.864. The fourth-order valence-corrected chi connectivity index (χ4v) is 2.38. The van der Waals surface area contributed by atoms with Gasteiger partial charge in [0, 0.05) is 25.9 Å². The molecule has 0 atom stereocenters. The van der Waals surface area contributed by atoms with Crippen LogP contribution in [0.2, 0.25) is 0 Å². The smallest absolute Gasteiger partial charge is 0.243 e. The molecular formula is C15H21ClFN3O3. The molecule has 6 nitrogen and oxygen atoms in total. The number of halogens is 2. The Labute approximate surface area is 140 Å². The molecule has 1 aliphatic heterocycles. The Morgan fingerprint density at radius 1 is 1.39 bits per heavy atom. The van der Waals surface area contributed by atoms with Gasteiger partial charge in [-0.25, -0.2) is 4.39 Å². The lowest BCUT2D eigenvalue weighted by atomic mass is 9.90. The highest BCUT2D eigenvalue weighted by molar-refractivity contribution is 5.96. The van der Waals surface area contributed by atoms with Crippen LogP contribution in [0.1, 0.15) is 12.8 Å². The van der Waals surface area contributed by atoms with E-state index in [4.69, 9.17) is 10.5 Å². The number of carbonyl (C=O) groups excluding carboxylic acids is 2. The van der Waals surface area contributed by atoms with Crippen LogP contribution < -0.4 is 11.1 Å². The average molecular weight is 346 g/mol. The van der Waals surface area contributed by atoms with Gasteiger partial charge in [-0.1, -0.05) is 6.07 Å². The number of nitrogens with one attached hydrogen (secondary N) is 1. The van der Waals surface area contributed by atoms with Gasteiger partial charge < -0.3 is 20.7 Å². The van der Waals surface area contributed by atoms with Gasteiger partial charge in [0.15, 0.2) is 0 Å². The van der Waals surface area contributed by atoms with E-state index in [9.17, 15) is 14.0 Å². The molecule has 0 saturated carbocycles. The second-order valence-electron chi connectivity index (χ2n) is 5.49. The number of hydrogen-bond donors (Lipinski definition) is 2. The number of carbonyl (C=O) groups is 2. The maximum atomic E-state index is 13.1. The van der Waals surface area contributed by atoms with Gasteiger partial charge in [0.25, 0.3) is 0 Å². The molecule has 8 heteroatoms. The van der Waals surface area contributed by atoms with Gasteiger partial charge in [0.2, 0.25) is 11.8 Å². The molecule has 23 heavy (non-hydrogen) atoms. The molecule has 2 amide bonds. The highest BCUT2D eigenvalue weighted by Gasteiger charge is 2.38. The SMILES string of the molecule is CN(CC(=O)Nc1cccc(F)c1)C(=O)C1(N)CCOCC1.Cl. The predicted octanol–water partition coefficient (Wildman–Crippen LogP) is 1.15. The van der Waals surface area contributed by atoms with E-state index in [1.807, 2.05) is 0 Å². The summed E-state index contributed by atoms with van der Waals surface area (Å²) in [6.45, 7) is 0.728. The minimum atomic E-state index is -0.980. The van der Waals surface area contributed by atoms with Crippen LogP contribution in [0.15, 0.2) is 24.3 Å². The van der Waals surface area contributed by atoms with Gasteiger partial charge in [-0.3, -0.25) is 9.59 Å².